The van der Waals surface area contributed by atoms with Crippen LogP contribution in [0.5, 0.6) is 0 Å². The van der Waals surface area contributed by atoms with Gasteiger partial charge in [0.1, 0.15) is 0 Å². The molecular formula is C14H18BrClN2O. The summed E-state index contributed by atoms with van der Waals surface area (Å²) in [5, 5.41) is 0.616. The summed E-state index contributed by atoms with van der Waals surface area (Å²) >= 11 is 9.32. The molecule has 2 unspecified atom stereocenters. The van der Waals surface area contributed by atoms with E-state index in [1.54, 1.807) is 18.2 Å². The molecule has 0 aliphatic carbocycles. The van der Waals surface area contributed by atoms with E-state index in [4.69, 9.17) is 17.3 Å². The largest absolute Gasteiger partial charge is 0.334 e. The van der Waals surface area contributed by atoms with E-state index in [0.29, 0.717) is 10.6 Å². The van der Waals surface area contributed by atoms with Gasteiger partial charge in [-0.2, -0.15) is 0 Å². The van der Waals surface area contributed by atoms with Crippen LogP contribution in [-0.4, -0.2) is 29.4 Å². The lowest BCUT2D eigenvalue weighted by atomic mass is 9.96. The van der Waals surface area contributed by atoms with Crippen molar-refractivity contribution in [1.29, 1.82) is 0 Å². The Morgan fingerprint density at radius 2 is 2.26 bits per heavy atom. The minimum absolute atomic E-state index is 0.00433. The monoisotopic (exact) mass is 344 g/mol. The normalized spacial score (nSPS) is 21.3. The van der Waals surface area contributed by atoms with Crippen molar-refractivity contribution in [2.45, 2.75) is 38.3 Å². The molecule has 19 heavy (non-hydrogen) atoms. The van der Waals surface area contributed by atoms with E-state index in [1.807, 2.05) is 11.8 Å². The molecule has 104 valence electrons. The number of halogens is 2. The first-order valence-electron chi connectivity index (χ1n) is 6.52. The molecule has 1 aliphatic heterocycles. The van der Waals surface area contributed by atoms with Gasteiger partial charge in [0.25, 0.3) is 5.91 Å². The Morgan fingerprint density at radius 1 is 1.53 bits per heavy atom. The number of benzene rings is 1. The highest BCUT2D eigenvalue weighted by molar-refractivity contribution is 9.10. The van der Waals surface area contributed by atoms with Crippen LogP contribution in [0.3, 0.4) is 0 Å². The van der Waals surface area contributed by atoms with Crippen LogP contribution in [0.4, 0.5) is 0 Å². The van der Waals surface area contributed by atoms with Crippen LogP contribution >= 0.6 is 27.5 Å². The summed E-state index contributed by atoms with van der Waals surface area (Å²) < 4.78 is 0.735. The van der Waals surface area contributed by atoms with E-state index in [1.165, 1.54) is 0 Å². The van der Waals surface area contributed by atoms with E-state index in [-0.39, 0.29) is 18.0 Å². The Kier molecular flexibility index (Phi) is 4.87. The number of likely N-dealkylation sites (tertiary alicyclic amines) is 1. The smallest absolute Gasteiger partial charge is 0.255 e. The average molecular weight is 346 g/mol. The highest BCUT2D eigenvalue weighted by Crippen LogP contribution is 2.26. The van der Waals surface area contributed by atoms with Crippen LogP contribution in [0.15, 0.2) is 22.7 Å². The predicted octanol–water partition coefficient (Wildman–Crippen LogP) is 3.44. The van der Waals surface area contributed by atoms with Gasteiger partial charge in [0.2, 0.25) is 0 Å². The lowest BCUT2D eigenvalue weighted by molar-refractivity contribution is 0.0583. The van der Waals surface area contributed by atoms with E-state index in [9.17, 15) is 4.79 Å². The minimum atomic E-state index is -0.00433. The summed E-state index contributed by atoms with van der Waals surface area (Å²) in [6.45, 7) is 2.74. The second-order valence-electron chi connectivity index (χ2n) is 5.04. The molecule has 0 aromatic heterocycles. The molecule has 1 fully saturated rings. The minimum Gasteiger partial charge on any atom is -0.334 e. The van der Waals surface area contributed by atoms with Gasteiger partial charge in [-0.15, -0.1) is 0 Å². The van der Waals surface area contributed by atoms with Gasteiger partial charge < -0.3 is 10.6 Å². The van der Waals surface area contributed by atoms with Crippen molar-refractivity contribution in [1.82, 2.24) is 4.90 Å². The lowest BCUT2D eigenvalue weighted by Gasteiger charge is -2.38. The van der Waals surface area contributed by atoms with Crippen molar-refractivity contribution in [2.75, 3.05) is 6.54 Å². The van der Waals surface area contributed by atoms with Crippen molar-refractivity contribution >= 4 is 33.4 Å². The molecule has 0 spiro atoms. The molecule has 2 atom stereocenters. The number of hydrogen-bond donors (Lipinski definition) is 1. The number of carbonyl (C=O) groups is 1. The highest BCUT2D eigenvalue weighted by Gasteiger charge is 2.30. The maximum Gasteiger partial charge on any atom is 0.255 e. The molecule has 1 aromatic carbocycles. The van der Waals surface area contributed by atoms with Crippen LogP contribution in [-0.2, 0) is 0 Å². The summed E-state index contributed by atoms with van der Waals surface area (Å²) in [7, 11) is 0. The first kappa shape index (κ1) is 14.8. The molecule has 1 saturated heterocycles. The maximum absolute atomic E-state index is 12.6. The van der Waals surface area contributed by atoms with Gasteiger partial charge in [-0.1, -0.05) is 11.6 Å². The standard InChI is InChI=1S/C14H18BrClN2O/c1-9(17)13-4-2-3-7-18(13)14(19)11-6-5-10(16)8-12(11)15/h5-6,8-9,13H,2-4,7,17H2,1H3. The molecule has 0 radical (unpaired) electrons. The Morgan fingerprint density at radius 3 is 2.89 bits per heavy atom. The van der Waals surface area contributed by atoms with Gasteiger partial charge >= 0.3 is 0 Å². The molecule has 1 aliphatic rings. The van der Waals surface area contributed by atoms with E-state index >= 15 is 0 Å². The molecule has 0 bridgehead atoms. The van der Waals surface area contributed by atoms with Crippen molar-refractivity contribution < 1.29 is 4.79 Å². The molecule has 1 amide bonds. The molecule has 1 heterocycles. The highest BCUT2D eigenvalue weighted by atomic mass is 79.9. The summed E-state index contributed by atoms with van der Waals surface area (Å²) in [6, 6.07) is 5.38. The zero-order valence-corrected chi connectivity index (χ0v) is 13.2. The van der Waals surface area contributed by atoms with Crippen LogP contribution < -0.4 is 5.73 Å². The molecule has 0 saturated carbocycles. The molecule has 5 heteroatoms. The third-order valence-corrected chi connectivity index (χ3v) is 4.47. The van der Waals surface area contributed by atoms with Crippen LogP contribution in [0.25, 0.3) is 0 Å². The Hall–Kier alpha value is -0.580. The number of nitrogens with zero attached hydrogens (tertiary/aromatic N) is 1. The molecule has 2 N–H and O–H groups in total. The fraction of sp³-hybridized carbons (Fsp3) is 0.500. The topological polar surface area (TPSA) is 46.3 Å². The Labute approximate surface area is 127 Å². The van der Waals surface area contributed by atoms with E-state index in [2.05, 4.69) is 15.9 Å². The van der Waals surface area contributed by atoms with Crippen LogP contribution in [0.2, 0.25) is 5.02 Å². The van der Waals surface area contributed by atoms with Crippen molar-refractivity contribution in [3.63, 3.8) is 0 Å². The number of rotatable bonds is 2. The van der Waals surface area contributed by atoms with Gasteiger partial charge in [-0.25, -0.2) is 0 Å². The summed E-state index contributed by atoms with van der Waals surface area (Å²) in [5.41, 5.74) is 6.66. The van der Waals surface area contributed by atoms with Gasteiger partial charge in [-0.3, -0.25) is 4.79 Å². The first-order chi connectivity index (χ1) is 9.00. The fourth-order valence-electron chi connectivity index (χ4n) is 2.57. The number of carbonyl (C=O) groups excluding carboxylic acids is 1. The average Bonchev–Trinajstić information content (AvgIpc) is 2.38. The molecule has 1 aromatic rings. The van der Waals surface area contributed by atoms with Gasteiger partial charge in [0.15, 0.2) is 0 Å². The molecular weight excluding hydrogens is 328 g/mol. The summed E-state index contributed by atoms with van der Waals surface area (Å²) in [4.78, 5) is 14.5. The Balaban J connectivity index is 2.26. The summed E-state index contributed by atoms with van der Waals surface area (Å²) in [5.74, 6) is 0.0329. The van der Waals surface area contributed by atoms with Crippen molar-refractivity contribution in [3.8, 4) is 0 Å². The maximum atomic E-state index is 12.6. The summed E-state index contributed by atoms with van der Waals surface area (Å²) in [6.07, 6.45) is 3.16. The number of amides is 1. The third-order valence-electron chi connectivity index (χ3n) is 3.58. The van der Waals surface area contributed by atoms with E-state index < -0.39 is 0 Å². The van der Waals surface area contributed by atoms with Gasteiger partial charge in [-0.05, 0) is 60.3 Å². The predicted molar refractivity (Wildman–Crippen MR) is 81.5 cm³/mol. The van der Waals surface area contributed by atoms with Gasteiger partial charge in [0.05, 0.1) is 5.56 Å². The van der Waals surface area contributed by atoms with Gasteiger partial charge in [0, 0.05) is 28.1 Å². The zero-order chi connectivity index (χ0) is 14.0. The van der Waals surface area contributed by atoms with Crippen molar-refractivity contribution in [2.24, 2.45) is 5.73 Å². The lowest BCUT2D eigenvalue weighted by Crippen LogP contribution is -2.51. The van der Waals surface area contributed by atoms with Crippen molar-refractivity contribution in [3.05, 3.63) is 33.3 Å². The number of piperidine rings is 1. The van der Waals surface area contributed by atoms with E-state index in [0.717, 1.165) is 30.3 Å². The number of nitrogens with two attached hydrogens (primary N) is 1. The second kappa shape index (κ2) is 6.25. The Bertz CT molecular complexity index is 479. The quantitative estimate of drug-likeness (QED) is 0.892. The van der Waals surface area contributed by atoms with Crippen LogP contribution in [0, 0.1) is 0 Å². The first-order valence-corrected chi connectivity index (χ1v) is 7.69. The SMILES string of the molecule is CC(N)C1CCCCN1C(=O)c1ccc(Cl)cc1Br. The second-order valence-corrected chi connectivity index (χ2v) is 6.34. The zero-order valence-electron chi connectivity index (χ0n) is 10.9. The molecule has 2 rings (SSSR count). The third kappa shape index (κ3) is 3.30. The van der Waals surface area contributed by atoms with Crippen LogP contribution in [0.1, 0.15) is 36.5 Å². The fourth-order valence-corrected chi connectivity index (χ4v) is 3.43. The molecule has 3 nitrogen and oxygen atoms in total. The number of hydrogen-bond acceptors (Lipinski definition) is 2.